The van der Waals surface area contributed by atoms with Crippen molar-refractivity contribution in [2.45, 2.75) is 40.5 Å². The number of carbonyl (C=O) groups is 2. The minimum atomic E-state index is -0.891. The van der Waals surface area contributed by atoms with Gasteiger partial charge in [-0.25, -0.2) is 0 Å². The molecule has 0 aliphatic heterocycles. The van der Waals surface area contributed by atoms with E-state index in [9.17, 15) is 9.59 Å². The van der Waals surface area contributed by atoms with Crippen molar-refractivity contribution < 1.29 is 14.7 Å². The molecule has 0 fully saturated rings. The fourth-order valence-corrected chi connectivity index (χ4v) is 2.06. The molecule has 0 bridgehead atoms. The Morgan fingerprint density at radius 1 is 1.25 bits per heavy atom. The largest absolute Gasteiger partial charge is 0.481 e. The summed E-state index contributed by atoms with van der Waals surface area (Å²) in [5.74, 6) is -0.660. The molecular formula is C16H23NO3. The van der Waals surface area contributed by atoms with Crippen LogP contribution in [0.4, 0.5) is 5.69 Å². The van der Waals surface area contributed by atoms with E-state index in [0.29, 0.717) is 6.42 Å². The molecule has 0 saturated heterocycles. The smallest absolute Gasteiger partial charge is 0.305 e. The standard InChI is InChI=1S/C16H23NO3/c1-11(2)9-15(18)17(8-7-16(19)20)14-10-12(3)5-6-13(14)4/h5-6,10-11H,7-9H2,1-4H3,(H,19,20). The number of aliphatic carboxylic acids is 1. The Morgan fingerprint density at radius 2 is 1.90 bits per heavy atom. The van der Waals surface area contributed by atoms with E-state index in [1.165, 1.54) is 0 Å². The Balaban J connectivity index is 3.05. The normalized spacial score (nSPS) is 10.7. The summed E-state index contributed by atoms with van der Waals surface area (Å²) in [5, 5.41) is 8.86. The van der Waals surface area contributed by atoms with Crippen molar-refractivity contribution in [3.05, 3.63) is 29.3 Å². The zero-order chi connectivity index (χ0) is 15.3. The van der Waals surface area contributed by atoms with Gasteiger partial charge in [-0.3, -0.25) is 9.59 Å². The van der Waals surface area contributed by atoms with Crippen molar-refractivity contribution in [1.29, 1.82) is 0 Å². The highest BCUT2D eigenvalue weighted by Crippen LogP contribution is 2.23. The van der Waals surface area contributed by atoms with Gasteiger partial charge in [0, 0.05) is 18.7 Å². The fourth-order valence-electron chi connectivity index (χ4n) is 2.06. The molecule has 0 unspecified atom stereocenters. The molecule has 1 amide bonds. The lowest BCUT2D eigenvalue weighted by Gasteiger charge is -2.25. The number of rotatable bonds is 6. The lowest BCUT2D eigenvalue weighted by molar-refractivity contribution is -0.136. The number of hydrogen-bond donors (Lipinski definition) is 1. The lowest BCUT2D eigenvalue weighted by Crippen LogP contribution is -2.34. The van der Waals surface area contributed by atoms with Crippen molar-refractivity contribution in [3.63, 3.8) is 0 Å². The van der Waals surface area contributed by atoms with Gasteiger partial charge >= 0.3 is 5.97 Å². The zero-order valence-corrected chi connectivity index (χ0v) is 12.6. The van der Waals surface area contributed by atoms with Gasteiger partial charge in [-0.15, -0.1) is 0 Å². The van der Waals surface area contributed by atoms with Crippen LogP contribution in [0.5, 0.6) is 0 Å². The third-order valence-electron chi connectivity index (χ3n) is 3.09. The van der Waals surface area contributed by atoms with Gasteiger partial charge in [-0.05, 0) is 37.0 Å². The minimum Gasteiger partial charge on any atom is -0.481 e. The molecule has 20 heavy (non-hydrogen) atoms. The summed E-state index contributed by atoms with van der Waals surface area (Å²) in [7, 11) is 0. The van der Waals surface area contributed by atoms with E-state index in [-0.39, 0.29) is 24.8 Å². The van der Waals surface area contributed by atoms with Crippen molar-refractivity contribution in [3.8, 4) is 0 Å². The molecule has 0 aliphatic rings. The number of carbonyl (C=O) groups excluding carboxylic acids is 1. The number of nitrogens with zero attached hydrogens (tertiary/aromatic N) is 1. The highest BCUT2D eigenvalue weighted by molar-refractivity contribution is 5.94. The average Bonchev–Trinajstić information content (AvgIpc) is 2.32. The SMILES string of the molecule is Cc1ccc(C)c(N(CCC(=O)O)C(=O)CC(C)C)c1. The van der Waals surface area contributed by atoms with Crippen LogP contribution in [0.3, 0.4) is 0 Å². The summed E-state index contributed by atoms with van der Waals surface area (Å²) >= 11 is 0. The van der Waals surface area contributed by atoms with Gasteiger partial charge < -0.3 is 10.0 Å². The van der Waals surface area contributed by atoms with Crippen LogP contribution in [0.1, 0.15) is 37.8 Å². The fraction of sp³-hybridized carbons (Fsp3) is 0.500. The number of benzene rings is 1. The predicted octanol–water partition coefficient (Wildman–Crippen LogP) is 3.16. The summed E-state index contributed by atoms with van der Waals surface area (Å²) < 4.78 is 0. The van der Waals surface area contributed by atoms with Gasteiger partial charge in [0.25, 0.3) is 0 Å². The maximum absolute atomic E-state index is 12.4. The number of aryl methyl sites for hydroxylation is 2. The van der Waals surface area contributed by atoms with Crippen LogP contribution in [-0.4, -0.2) is 23.5 Å². The van der Waals surface area contributed by atoms with E-state index in [1.54, 1.807) is 4.90 Å². The molecule has 0 aromatic heterocycles. The van der Waals surface area contributed by atoms with E-state index in [2.05, 4.69) is 0 Å². The summed E-state index contributed by atoms with van der Waals surface area (Å²) in [6.07, 6.45) is 0.379. The Kier molecular flexibility index (Phi) is 5.74. The van der Waals surface area contributed by atoms with Crippen LogP contribution >= 0.6 is 0 Å². The van der Waals surface area contributed by atoms with Gasteiger partial charge in [-0.2, -0.15) is 0 Å². The molecule has 1 rings (SSSR count). The third-order valence-corrected chi connectivity index (χ3v) is 3.09. The number of carboxylic acids is 1. The predicted molar refractivity (Wildman–Crippen MR) is 80.0 cm³/mol. The van der Waals surface area contributed by atoms with Crippen molar-refractivity contribution in [1.82, 2.24) is 0 Å². The maximum Gasteiger partial charge on any atom is 0.305 e. The van der Waals surface area contributed by atoms with Crippen LogP contribution in [0.15, 0.2) is 18.2 Å². The van der Waals surface area contributed by atoms with E-state index >= 15 is 0 Å². The van der Waals surface area contributed by atoms with Crippen molar-refractivity contribution in [2.75, 3.05) is 11.4 Å². The van der Waals surface area contributed by atoms with Gasteiger partial charge in [-0.1, -0.05) is 26.0 Å². The van der Waals surface area contributed by atoms with Crippen molar-refractivity contribution in [2.24, 2.45) is 5.92 Å². The second-order valence-electron chi connectivity index (χ2n) is 5.58. The molecule has 0 aliphatic carbocycles. The number of carboxylic acid groups (broad SMARTS) is 1. The molecule has 0 heterocycles. The Morgan fingerprint density at radius 3 is 2.45 bits per heavy atom. The van der Waals surface area contributed by atoms with E-state index < -0.39 is 5.97 Å². The Labute approximate surface area is 120 Å². The van der Waals surface area contributed by atoms with E-state index in [0.717, 1.165) is 16.8 Å². The van der Waals surface area contributed by atoms with Crippen LogP contribution in [0.2, 0.25) is 0 Å². The van der Waals surface area contributed by atoms with E-state index in [1.807, 2.05) is 45.9 Å². The van der Waals surface area contributed by atoms with Crippen LogP contribution in [0.25, 0.3) is 0 Å². The molecule has 110 valence electrons. The second-order valence-corrected chi connectivity index (χ2v) is 5.58. The van der Waals surface area contributed by atoms with Crippen LogP contribution in [-0.2, 0) is 9.59 Å². The number of amides is 1. The first kappa shape index (κ1) is 16.2. The highest BCUT2D eigenvalue weighted by Gasteiger charge is 2.19. The number of anilines is 1. The second kappa shape index (κ2) is 7.08. The molecule has 4 heteroatoms. The van der Waals surface area contributed by atoms with Crippen molar-refractivity contribution >= 4 is 17.6 Å². The first-order valence-corrected chi connectivity index (χ1v) is 6.90. The molecule has 0 saturated carbocycles. The molecule has 0 radical (unpaired) electrons. The molecule has 4 nitrogen and oxygen atoms in total. The summed E-state index contributed by atoms with van der Waals surface area (Å²) in [6, 6.07) is 5.89. The van der Waals surface area contributed by atoms with Gasteiger partial charge in [0.1, 0.15) is 0 Å². The third kappa shape index (κ3) is 4.68. The average molecular weight is 277 g/mol. The van der Waals surface area contributed by atoms with Gasteiger partial charge in [0.15, 0.2) is 0 Å². The summed E-state index contributed by atoms with van der Waals surface area (Å²) in [5.41, 5.74) is 2.86. The summed E-state index contributed by atoms with van der Waals surface area (Å²) in [4.78, 5) is 24.8. The first-order valence-electron chi connectivity index (χ1n) is 6.90. The van der Waals surface area contributed by atoms with E-state index in [4.69, 9.17) is 5.11 Å². The quantitative estimate of drug-likeness (QED) is 0.869. The Bertz CT molecular complexity index is 494. The zero-order valence-electron chi connectivity index (χ0n) is 12.6. The molecular weight excluding hydrogens is 254 g/mol. The molecule has 0 spiro atoms. The van der Waals surface area contributed by atoms with Gasteiger partial charge in [0.2, 0.25) is 5.91 Å². The number of hydrogen-bond acceptors (Lipinski definition) is 2. The molecule has 1 aromatic rings. The Hall–Kier alpha value is -1.84. The lowest BCUT2D eigenvalue weighted by atomic mass is 10.1. The van der Waals surface area contributed by atoms with Crippen LogP contribution < -0.4 is 4.90 Å². The molecule has 1 aromatic carbocycles. The first-order chi connectivity index (χ1) is 9.31. The molecule has 1 N–H and O–H groups in total. The monoisotopic (exact) mass is 277 g/mol. The minimum absolute atomic E-state index is 0.0186. The van der Waals surface area contributed by atoms with Crippen LogP contribution in [0, 0.1) is 19.8 Å². The molecule has 0 atom stereocenters. The van der Waals surface area contributed by atoms with Gasteiger partial charge in [0.05, 0.1) is 6.42 Å². The summed E-state index contributed by atoms with van der Waals surface area (Å²) in [6.45, 7) is 8.08. The highest BCUT2D eigenvalue weighted by atomic mass is 16.4. The maximum atomic E-state index is 12.4. The topological polar surface area (TPSA) is 57.6 Å².